The summed E-state index contributed by atoms with van der Waals surface area (Å²) in [7, 11) is 0. The number of carbonyl (C=O) groups is 3. The highest BCUT2D eigenvalue weighted by atomic mass is 32.2. The van der Waals surface area contributed by atoms with Gasteiger partial charge >= 0.3 is 0 Å². The lowest BCUT2D eigenvalue weighted by Crippen LogP contribution is -2.57. The van der Waals surface area contributed by atoms with Crippen molar-refractivity contribution in [3.05, 3.63) is 24.3 Å². The van der Waals surface area contributed by atoms with Gasteiger partial charge in [0.25, 0.3) is 0 Å². The van der Waals surface area contributed by atoms with Crippen molar-refractivity contribution in [3.8, 4) is 5.75 Å². The number of aliphatic hydroxyl groups excluding tert-OH is 1. The summed E-state index contributed by atoms with van der Waals surface area (Å²) in [6.45, 7) is 5.25. The van der Waals surface area contributed by atoms with Crippen LogP contribution in [0.4, 0.5) is 5.69 Å². The van der Waals surface area contributed by atoms with Gasteiger partial charge in [0.2, 0.25) is 17.7 Å². The number of amides is 3. The van der Waals surface area contributed by atoms with Crippen molar-refractivity contribution in [2.75, 3.05) is 25.1 Å². The van der Waals surface area contributed by atoms with E-state index in [0.29, 0.717) is 25.3 Å². The van der Waals surface area contributed by atoms with Gasteiger partial charge in [0.05, 0.1) is 23.2 Å². The minimum absolute atomic E-state index is 0.0122. The van der Waals surface area contributed by atoms with Gasteiger partial charge < -0.3 is 25.4 Å². The van der Waals surface area contributed by atoms with Crippen LogP contribution in [0.5, 0.6) is 5.75 Å². The third-order valence-electron chi connectivity index (χ3n) is 9.24. The van der Waals surface area contributed by atoms with Gasteiger partial charge in [-0.15, -0.1) is 11.8 Å². The van der Waals surface area contributed by atoms with Gasteiger partial charge in [-0.05, 0) is 75.6 Å². The largest absolute Gasteiger partial charge is 0.494 e. The predicted octanol–water partition coefficient (Wildman–Crippen LogP) is 3.97. The molecular formula is C30H43N3O5S. The van der Waals surface area contributed by atoms with Crippen LogP contribution in [0.25, 0.3) is 0 Å². The van der Waals surface area contributed by atoms with Crippen LogP contribution in [0.2, 0.25) is 0 Å². The smallest absolute Gasteiger partial charge is 0.244 e. The summed E-state index contributed by atoms with van der Waals surface area (Å²) >= 11 is 1.72. The number of hydrogen-bond acceptors (Lipinski definition) is 6. The molecule has 3 unspecified atom stereocenters. The lowest BCUT2D eigenvalue weighted by molar-refractivity contribution is -0.139. The molecule has 0 radical (unpaired) electrons. The number of nitrogens with one attached hydrogen (secondary N) is 2. The van der Waals surface area contributed by atoms with Gasteiger partial charge in [-0.1, -0.05) is 26.2 Å². The number of thioether (sulfide) groups is 1. The van der Waals surface area contributed by atoms with E-state index in [2.05, 4.69) is 17.6 Å². The average Bonchev–Trinajstić information content (AvgIpc) is 3.52. The Morgan fingerprint density at radius 2 is 1.85 bits per heavy atom. The van der Waals surface area contributed by atoms with Crippen molar-refractivity contribution in [2.45, 2.75) is 93.7 Å². The van der Waals surface area contributed by atoms with E-state index in [1.54, 1.807) is 16.7 Å². The summed E-state index contributed by atoms with van der Waals surface area (Å²) < 4.78 is 4.92. The Balaban J connectivity index is 1.40. The zero-order valence-corrected chi connectivity index (χ0v) is 24.0. The molecule has 3 amide bonds. The lowest BCUT2D eigenvalue weighted by atomic mass is 9.65. The Kier molecular flexibility index (Phi) is 8.76. The molecule has 1 saturated carbocycles. The monoisotopic (exact) mass is 557 g/mol. The Morgan fingerprint density at radius 1 is 1.10 bits per heavy atom. The van der Waals surface area contributed by atoms with Gasteiger partial charge in [-0.3, -0.25) is 14.4 Å². The van der Waals surface area contributed by atoms with Crippen LogP contribution in [0, 0.1) is 17.8 Å². The van der Waals surface area contributed by atoms with Gasteiger partial charge in [0, 0.05) is 30.1 Å². The molecule has 3 aliphatic heterocycles. The van der Waals surface area contributed by atoms with E-state index in [1.165, 1.54) is 6.42 Å². The molecular weight excluding hydrogens is 514 g/mol. The predicted molar refractivity (Wildman–Crippen MR) is 153 cm³/mol. The van der Waals surface area contributed by atoms with Gasteiger partial charge in [-0.25, -0.2) is 0 Å². The molecule has 2 bridgehead atoms. The number of likely N-dealkylation sites (tertiary alicyclic amines) is 1. The van der Waals surface area contributed by atoms with E-state index in [1.807, 2.05) is 31.2 Å². The highest BCUT2D eigenvalue weighted by Crippen LogP contribution is 2.68. The Bertz CT molecular complexity index is 1050. The second-order valence-corrected chi connectivity index (χ2v) is 13.2. The molecule has 3 N–H and O–H groups in total. The average molecular weight is 558 g/mol. The maximum absolute atomic E-state index is 14.2. The van der Waals surface area contributed by atoms with Crippen molar-refractivity contribution in [2.24, 2.45) is 17.8 Å². The minimum atomic E-state index is -0.599. The van der Waals surface area contributed by atoms with Crippen molar-refractivity contribution in [1.29, 1.82) is 0 Å². The lowest BCUT2D eigenvalue weighted by Gasteiger charge is -2.39. The molecule has 6 atom stereocenters. The molecule has 4 aliphatic rings. The maximum atomic E-state index is 14.2. The molecule has 5 rings (SSSR count). The van der Waals surface area contributed by atoms with Crippen LogP contribution in [0.15, 0.2) is 24.3 Å². The van der Waals surface area contributed by atoms with Crippen molar-refractivity contribution in [3.63, 3.8) is 0 Å². The molecule has 3 saturated heterocycles. The number of unbranched alkanes of at least 4 members (excludes halogenated alkanes) is 2. The number of hydrogen-bond donors (Lipinski definition) is 3. The first-order valence-electron chi connectivity index (χ1n) is 14.8. The van der Waals surface area contributed by atoms with Crippen molar-refractivity contribution < 1.29 is 24.2 Å². The first-order valence-corrected chi connectivity index (χ1v) is 15.7. The summed E-state index contributed by atoms with van der Waals surface area (Å²) in [5, 5.41) is 15.6. The second kappa shape index (κ2) is 12.1. The molecule has 8 nitrogen and oxygen atoms in total. The van der Waals surface area contributed by atoms with Gasteiger partial charge in [-0.2, -0.15) is 0 Å². The van der Waals surface area contributed by atoms with Gasteiger partial charge in [0.15, 0.2) is 0 Å². The first kappa shape index (κ1) is 28.3. The molecule has 1 aromatic rings. The Hall–Kier alpha value is -2.26. The fourth-order valence-electron chi connectivity index (χ4n) is 7.48. The zero-order valence-electron chi connectivity index (χ0n) is 23.2. The molecule has 0 aromatic heterocycles. The topological polar surface area (TPSA) is 108 Å². The van der Waals surface area contributed by atoms with Gasteiger partial charge in [0.1, 0.15) is 11.8 Å². The SMILES string of the molecule is CCOc1ccc(NC(=O)[C@@H]2[C@@H]3CC(C)C4(S3)C(C(=O)NC3CCCCC3)N(CCCCCO)C(=O)[C@H]24)cc1. The fourth-order valence-corrected chi connectivity index (χ4v) is 9.91. The normalized spacial score (nSPS) is 31.8. The molecule has 3 heterocycles. The molecule has 1 spiro atoms. The third-order valence-corrected chi connectivity index (χ3v) is 11.3. The molecule has 1 aliphatic carbocycles. The maximum Gasteiger partial charge on any atom is 0.244 e. The number of anilines is 1. The number of carbonyl (C=O) groups excluding carboxylic acids is 3. The van der Waals surface area contributed by atoms with Crippen molar-refractivity contribution >= 4 is 35.2 Å². The number of nitrogens with zero attached hydrogens (tertiary/aromatic N) is 1. The number of ether oxygens (including phenoxy) is 1. The summed E-state index contributed by atoms with van der Waals surface area (Å²) in [4.78, 5) is 43.7. The van der Waals surface area contributed by atoms with E-state index in [4.69, 9.17) is 4.74 Å². The number of fused-ring (bicyclic) bond motifs is 1. The van der Waals surface area contributed by atoms with Crippen molar-refractivity contribution in [1.82, 2.24) is 10.2 Å². The molecule has 214 valence electrons. The molecule has 4 fully saturated rings. The summed E-state index contributed by atoms with van der Waals surface area (Å²) in [6, 6.07) is 6.90. The van der Waals surface area contributed by atoms with E-state index < -0.39 is 22.6 Å². The summed E-state index contributed by atoms with van der Waals surface area (Å²) in [5.41, 5.74) is 0.677. The zero-order chi connectivity index (χ0) is 27.6. The standard InChI is InChI=1S/C30H43N3O5S/c1-3-38-22-14-12-21(13-15-22)31-27(35)24-23-18-19(2)30(39-23)25(24)29(37)33(16-8-5-9-17-34)26(30)28(36)32-20-10-6-4-7-11-20/h12-15,19-20,23-26,34H,3-11,16-18H2,1-2H3,(H,31,35)(H,32,36)/t19?,23-,24+,25-,26?,30?/m0/s1. The van der Waals surface area contributed by atoms with Crippen LogP contribution < -0.4 is 15.4 Å². The van der Waals surface area contributed by atoms with E-state index >= 15 is 0 Å². The fraction of sp³-hybridized carbons (Fsp3) is 0.700. The Morgan fingerprint density at radius 3 is 2.54 bits per heavy atom. The quantitative estimate of drug-likeness (QED) is 0.356. The van der Waals surface area contributed by atoms with Crippen LogP contribution in [0.3, 0.4) is 0 Å². The highest BCUT2D eigenvalue weighted by molar-refractivity contribution is 8.02. The van der Waals surface area contributed by atoms with E-state index in [-0.39, 0.29) is 41.5 Å². The van der Waals surface area contributed by atoms with E-state index in [9.17, 15) is 19.5 Å². The number of rotatable bonds is 11. The van der Waals surface area contributed by atoms with Crippen LogP contribution in [-0.4, -0.2) is 69.6 Å². The summed E-state index contributed by atoms with van der Waals surface area (Å²) in [6.07, 6.45) is 8.43. The highest BCUT2D eigenvalue weighted by Gasteiger charge is 2.75. The second-order valence-electron chi connectivity index (χ2n) is 11.7. The van der Waals surface area contributed by atoms with Crippen LogP contribution in [-0.2, 0) is 14.4 Å². The number of benzene rings is 1. The molecule has 9 heteroatoms. The first-order chi connectivity index (χ1) is 18.9. The van der Waals surface area contributed by atoms with Crippen LogP contribution in [0.1, 0.15) is 71.6 Å². The number of aliphatic hydroxyl groups is 1. The minimum Gasteiger partial charge on any atom is -0.494 e. The molecule has 39 heavy (non-hydrogen) atoms. The third kappa shape index (κ3) is 5.29. The summed E-state index contributed by atoms with van der Waals surface area (Å²) in [5.74, 6) is -0.341. The van der Waals surface area contributed by atoms with E-state index in [0.717, 1.165) is 50.7 Å². The van der Waals surface area contributed by atoms with Crippen LogP contribution >= 0.6 is 11.8 Å². The Labute approximate surface area is 236 Å². The molecule has 1 aromatic carbocycles.